The molecule has 1 aliphatic carbocycles. The maximum atomic E-state index is 13.7. The zero-order chi connectivity index (χ0) is 20.6. The van der Waals surface area contributed by atoms with Crippen LogP contribution in [0.5, 0.6) is 0 Å². The largest absolute Gasteiger partial charge is 0.325 e. The van der Waals surface area contributed by atoms with Gasteiger partial charge in [-0.05, 0) is 61.4 Å². The molecule has 1 saturated heterocycles. The van der Waals surface area contributed by atoms with Crippen LogP contribution in [-0.2, 0) is 21.5 Å². The molecule has 0 saturated carbocycles. The van der Waals surface area contributed by atoms with Gasteiger partial charge in [-0.2, -0.15) is 0 Å². The lowest BCUT2D eigenvalue weighted by Gasteiger charge is -2.27. The Morgan fingerprint density at radius 3 is 2.79 bits per heavy atom. The molecule has 150 valence electrons. The number of halogens is 1. The summed E-state index contributed by atoms with van der Waals surface area (Å²) >= 11 is 0. The maximum absolute atomic E-state index is 13.7. The van der Waals surface area contributed by atoms with Gasteiger partial charge in [-0.1, -0.05) is 30.3 Å². The van der Waals surface area contributed by atoms with Crippen molar-refractivity contribution in [2.24, 2.45) is 0 Å². The van der Waals surface area contributed by atoms with Crippen molar-refractivity contribution >= 4 is 23.5 Å². The van der Waals surface area contributed by atoms with Crippen molar-refractivity contribution in [3.05, 3.63) is 65.0 Å². The zero-order valence-electron chi connectivity index (χ0n) is 16.1. The van der Waals surface area contributed by atoms with Crippen LogP contribution in [0.1, 0.15) is 36.0 Å². The van der Waals surface area contributed by atoms with E-state index in [1.54, 1.807) is 19.1 Å². The lowest BCUT2D eigenvalue weighted by Crippen LogP contribution is -2.44. The highest BCUT2D eigenvalue weighted by Gasteiger charge is 2.53. The van der Waals surface area contributed by atoms with Gasteiger partial charge in [0.1, 0.15) is 17.9 Å². The van der Waals surface area contributed by atoms with Crippen LogP contribution in [0, 0.1) is 12.7 Å². The van der Waals surface area contributed by atoms with Gasteiger partial charge in [0, 0.05) is 5.69 Å². The van der Waals surface area contributed by atoms with Crippen LogP contribution < -0.4 is 10.6 Å². The molecule has 2 N–H and O–H groups in total. The molecule has 0 aromatic heterocycles. The van der Waals surface area contributed by atoms with E-state index in [2.05, 4.69) is 10.6 Å². The minimum Gasteiger partial charge on any atom is -0.324 e. The third kappa shape index (κ3) is 3.37. The lowest BCUT2D eigenvalue weighted by atomic mass is 9.84. The molecular weight excluding hydrogens is 373 g/mol. The number of aryl methyl sites for hydroxylation is 2. The predicted molar refractivity (Wildman–Crippen MR) is 106 cm³/mol. The van der Waals surface area contributed by atoms with E-state index < -0.39 is 35.7 Å². The van der Waals surface area contributed by atoms with Crippen molar-refractivity contribution in [2.45, 2.75) is 38.1 Å². The second-order valence-corrected chi connectivity index (χ2v) is 7.60. The second kappa shape index (κ2) is 7.31. The fourth-order valence-corrected chi connectivity index (χ4v) is 4.13. The molecule has 1 spiro atoms. The molecule has 1 fully saturated rings. The standard InChI is InChI=1S/C22H22FN3O3/c1-14-9-10-16(12-18(14)23)24-19(27)13-26-20(28)22(25-21(26)29)11-5-4-7-15-6-2-3-8-17(15)22/h2-3,6,8-10,12H,4-5,7,11,13H2,1H3,(H,24,27)(H,25,29). The van der Waals surface area contributed by atoms with Crippen molar-refractivity contribution in [1.82, 2.24) is 10.2 Å². The van der Waals surface area contributed by atoms with Gasteiger partial charge < -0.3 is 10.6 Å². The van der Waals surface area contributed by atoms with Gasteiger partial charge in [-0.3, -0.25) is 14.5 Å². The molecule has 2 aliphatic rings. The molecule has 7 heteroatoms. The second-order valence-electron chi connectivity index (χ2n) is 7.60. The summed E-state index contributed by atoms with van der Waals surface area (Å²) < 4.78 is 13.7. The number of amides is 4. The van der Waals surface area contributed by atoms with E-state index in [-0.39, 0.29) is 5.69 Å². The highest BCUT2D eigenvalue weighted by Crippen LogP contribution is 2.38. The minimum absolute atomic E-state index is 0.277. The summed E-state index contributed by atoms with van der Waals surface area (Å²) in [5.74, 6) is -1.41. The smallest absolute Gasteiger partial charge is 0.324 e. The van der Waals surface area contributed by atoms with E-state index in [1.165, 1.54) is 6.07 Å². The zero-order valence-corrected chi connectivity index (χ0v) is 16.1. The number of fused-ring (bicyclic) bond motifs is 2. The molecule has 2 aromatic carbocycles. The number of hydrogen-bond acceptors (Lipinski definition) is 3. The SMILES string of the molecule is Cc1ccc(NC(=O)CN2C(=O)NC3(CCCCc4ccccc43)C2=O)cc1F. The molecule has 1 aliphatic heterocycles. The summed E-state index contributed by atoms with van der Waals surface area (Å²) in [6.07, 6.45) is 3.07. The Morgan fingerprint density at radius 1 is 1.21 bits per heavy atom. The number of nitrogens with zero attached hydrogens (tertiary/aromatic N) is 1. The van der Waals surface area contributed by atoms with Gasteiger partial charge in [0.2, 0.25) is 5.91 Å². The number of anilines is 1. The predicted octanol–water partition coefficient (Wildman–Crippen LogP) is 3.25. The van der Waals surface area contributed by atoms with Gasteiger partial charge >= 0.3 is 6.03 Å². The Hall–Kier alpha value is -3.22. The minimum atomic E-state index is -1.12. The monoisotopic (exact) mass is 395 g/mol. The molecule has 1 unspecified atom stereocenters. The van der Waals surface area contributed by atoms with E-state index in [0.29, 0.717) is 12.0 Å². The molecule has 4 amide bonds. The van der Waals surface area contributed by atoms with Crippen LogP contribution >= 0.6 is 0 Å². The number of nitrogens with one attached hydrogen (secondary N) is 2. The number of rotatable bonds is 3. The van der Waals surface area contributed by atoms with Crippen LogP contribution in [0.25, 0.3) is 0 Å². The first-order chi connectivity index (χ1) is 13.9. The van der Waals surface area contributed by atoms with Crippen LogP contribution in [0.2, 0.25) is 0 Å². The molecule has 29 heavy (non-hydrogen) atoms. The Balaban J connectivity index is 1.56. The summed E-state index contributed by atoms with van der Waals surface area (Å²) in [4.78, 5) is 39.3. The van der Waals surface area contributed by atoms with Crippen LogP contribution in [0.4, 0.5) is 14.9 Å². The van der Waals surface area contributed by atoms with Crippen molar-refractivity contribution in [1.29, 1.82) is 0 Å². The highest BCUT2D eigenvalue weighted by molar-refractivity contribution is 6.10. The average molecular weight is 395 g/mol. The number of carbonyl (C=O) groups excluding carboxylic acids is 3. The molecule has 1 heterocycles. The van der Waals surface area contributed by atoms with E-state index >= 15 is 0 Å². The van der Waals surface area contributed by atoms with E-state index in [4.69, 9.17) is 0 Å². The quantitative estimate of drug-likeness (QED) is 0.783. The highest BCUT2D eigenvalue weighted by atomic mass is 19.1. The number of urea groups is 1. The summed E-state index contributed by atoms with van der Waals surface area (Å²) in [5, 5.41) is 5.40. The Morgan fingerprint density at radius 2 is 2.00 bits per heavy atom. The van der Waals surface area contributed by atoms with Gasteiger partial charge in [-0.25, -0.2) is 9.18 Å². The van der Waals surface area contributed by atoms with Crippen LogP contribution in [-0.4, -0.2) is 29.3 Å². The first-order valence-corrected chi connectivity index (χ1v) is 9.69. The van der Waals surface area contributed by atoms with Gasteiger partial charge in [0.05, 0.1) is 0 Å². The van der Waals surface area contributed by atoms with Gasteiger partial charge in [-0.15, -0.1) is 0 Å². The average Bonchev–Trinajstić information content (AvgIpc) is 2.83. The lowest BCUT2D eigenvalue weighted by molar-refractivity contribution is -0.134. The fraction of sp³-hybridized carbons (Fsp3) is 0.318. The molecule has 6 nitrogen and oxygen atoms in total. The number of benzene rings is 2. The first kappa shape index (κ1) is 19.1. The summed E-state index contributed by atoms with van der Waals surface area (Å²) in [6.45, 7) is 1.20. The molecule has 0 radical (unpaired) electrons. The molecule has 0 bridgehead atoms. The fourth-order valence-electron chi connectivity index (χ4n) is 4.13. The summed E-state index contributed by atoms with van der Waals surface area (Å²) in [5.41, 5.74) is 1.46. The Bertz CT molecular complexity index is 1010. The van der Waals surface area contributed by atoms with Crippen LogP contribution in [0.15, 0.2) is 42.5 Å². The van der Waals surface area contributed by atoms with Crippen LogP contribution in [0.3, 0.4) is 0 Å². The summed E-state index contributed by atoms with van der Waals surface area (Å²) in [7, 11) is 0. The molecule has 2 aromatic rings. The number of imide groups is 1. The normalized spacial score (nSPS) is 21.0. The van der Waals surface area contributed by atoms with Crippen molar-refractivity contribution in [2.75, 3.05) is 11.9 Å². The van der Waals surface area contributed by atoms with Crippen molar-refractivity contribution in [3.8, 4) is 0 Å². The van der Waals surface area contributed by atoms with E-state index in [1.807, 2.05) is 24.3 Å². The van der Waals surface area contributed by atoms with E-state index in [0.717, 1.165) is 35.3 Å². The maximum Gasteiger partial charge on any atom is 0.325 e. The third-order valence-electron chi connectivity index (χ3n) is 5.66. The Kier molecular flexibility index (Phi) is 4.82. The van der Waals surface area contributed by atoms with E-state index in [9.17, 15) is 18.8 Å². The van der Waals surface area contributed by atoms with Gasteiger partial charge in [0.25, 0.3) is 5.91 Å². The van der Waals surface area contributed by atoms with Crippen molar-refractivity contribution < 1.29 is 18.8 Å². The van der Waals surface area contributed by atoms with Gasteiger partial charge in [0.15, 0.2) is 0 Å². The topological polar surface area (TPSA) is 78.5 Å². The molecule has 1 atom stereocenters. The third-order valence-corrected chi connectivity index (χ3v) is 5.66. The first-order valence-electron chi connectivity index (χ1n) is 9.69. The molecular formula is C22H22FN3O3. The van der Waals surface area contributed by atoms with Crippen molar-refractivity contribution in [3.63, 3.8) is 0 Å². The summed E-state index contributed by atoms with van der Waals surface area (Å²) in [6, 6.07) is 11.4. The molecule has 4 rings (SSSR count). The Labute approximate surface area is 168 Å². The number of hydrogen-bond donors (Lipinski definition) is 2. The number of carbonyl (C=O) groups is 3.